The van der Waals surface area contributed by atoms with E-state index >= 15 is 0 Å². The quantitative estimate of drug-likeness (QED) is 0.784. The molecule has 6 nitrogen and oxygen atoms in total. The first kappa shape index (κ1) is 11.2. The Labute approximate surface area is 101 Å². The van der Waals surface area contributed by atoms with Gasteiger partial charge in [-0.15, -0.1) is 11.8 Å². The number of thioether (sulfide) groups is 1. The molecule has 8 heteroatoms. The van der Waals surface area contributed by atoms with Crippen molar-refractivity contribution < 1.29 is 4.52 Å². The third-order valence-electron chi connectivity index (χ3n) is 1.91. The van der Waals surface area contributed by atoms with Crippen molar-refractivity contribution in [3.63, 3.8) is 0 Å². The highest BCUT2D eigenvalue weighted by atomic mass is 32.2. The van der Waals surface area contributed by atoms with Gasteiger partial charge in [0.2, 0.25) is 5.89 Å². The first-order chi connectivity index (χ1) is 7.81. The third kappa shape index (κ3) is 2.45. The lowest BCUT2D eigenvalue weighted by Crippen LogP contribution is -2.04. The predicted octanol–water partition coefficient (Wildman–Crippen LogP) is 1.48. The number of aromatic nitrogens is 3. The van der Waals surface area contributed by atoms with Crippen LogP contribution in [0.25, 0.3) is 0 Å². The lowest BCUT2D eigenvalue weighted by molar-refractivity contribution is 0.380. The molecule has 0 saturated heterocycles. The molecule has 0 unspecified atom stereocenters. The van der Waals surface area contributed by atoms with Crippen molar-refractivity contribution in [2.75, 3.05) is 23.9 Å². The van der Waals surface area contributed by atoms with Crippen molar-refractivity contribution in [2.45, 2.75) is 11.3 Å². The fraction of sp³-hybridized carbons (Fsp3) is 0.375. The second kappa shape index (κ2) is 5.17. The lowest BCUT2D eigenvalue weighted by Gasteiger charge is -2.02. The lowest BCUT2D eigenvalue weighted by atomic mass is 10.4. The molecule has 16 heavy (non-hydrogen) atoms. The Morgan fingerprint density at radius 1 is 1.62 bits per heavy atom. The van der Waals surface area contributed by atoms with Crippen molar-refractivity contribution in [3.05, 3.63) is 12.2 Å². The van der Waals surface area contributed by atoms with E-state index in [2.05, 4.69) is 19.8 Å². The Hall–Kier alpha value is -1.28. The number of hydrogen-bond acceptors (Lipinski definition) is 8. The van der Waals surface area contributed by atoms with Crippen molar-refractivity contribution >= 4 is 34.1 Å². The number of rotatable bonds is 5. The smallest absolute Gasteiger partial charge is 0.228 e. The molecule has 0 bridgehead atoms. The highest BCUT2D eigenvalue weighted by Gasteiger charge is 2.09. The van der Waals surface area contributed by atoms with Crippen LogP contribution >= 0.6 is 23.3 Å². The molecule has 0 aromatic carbocycles. The molecule has 2 rings (SSSR count). The van der Waals surface area contributed by atoms with Gasteiger partial charge in [0.25, 0.3) is 0 Å². The maximum absolute atomic E-state index is 5.72. The molecule has 86 valence electrons. The van der Waals surface area contributed by atoms with E-state index in [9.17, 15) is 0 Å². The summed E-state index contributed by atoms with van der Waals surface area (Å²) in [6.45, 7) is 0.720. The van der Waals surface area contributed by atoms with Gasteiger partial charge in [-0.05, 0) is 17.8 Å². The van der Waals surface area contributed by atoms with Crippen LogP contribution in [0.2, 0.25) is 0 Å². The van der Waals surface area contributed by atoms with E-state index < -0.39 is 0 Å². The number of nitrogen functional groups attached to an aromatic ring is 1. The summed E-state index contributed by atoms with van der Waals surface area (Å²) < 4.78 is 8.98. The first-order valence-corrected chi connectivity index (χ1v) is 6.59. The van der Waals surface area contributed by atoms with Crippen LogP contribution in [0.4, 0.5) is 10.8 Å². The van der Waals surface area contributed by atoms with E-state index in [1.54, 1.807) is 11.8 Å². The van der Waals surface area contributed by atoms with E-state index in [0.717, 1.165) is 16.4 Å². The Kier molecular flexibility index (Phi) is 3.62. The summed E-state index contributed by atoms with van der Waals surface area (Å²) >= 11 is 2.95. The van der Waals surface area contributed by atoms with Gasteiger partial charge in [0.05, 0.1) is 4.90 Å². The second-order valence-corrected chi connectivity index (χ2v) is 4.53. The minimum Gasteiger partial charge on any atom is -0.382 e. The standard InChI is InChI=1S/C8H11N5OS2/c1-15-6-7(9)13-16-8(6)10-3-2-5-11-4-12-14-5/h4,10H,2-3H2,1H3,(H2,9,13). The summed E-state index contributed by atoms with van der Waals surface area (Å²) in [4.78, 5) is 4.93. The molecule has 2 aromatic rings. The minimum atomic E-state index is 0.581. The molecule has 0 amide bonds. The van der Waals surface area contributed by atoms with Crippen LogP contribution in [-0.4, -0.2) is 27.3 Å². The Balaban J connectivity index is 1.89. The number of nitrogens with one attached hydrogen (secondary N) is 1. The van der Waals surface area contributed by atoms with E-state index in [4.69, 9.17) is 10.3 Å². The molecule has 0 aliphatic rings. The molecule has 0 radical (unpaired) electrons. The molecule has 0 aliphatic carbocycles. The highest BCUT2D eigenvalue weighted by molar-refractivity contribution is 7.99. The van der Waals surface area contributed by atoms with Crippen LogP contribution in [0.15, 0.2) is 15.7 Å². The molecular weight excluding hydrogens is 246 g/mol. The zero-order chi connectivity index (χ0) is 11.4. The highest BCUT2D eigenvalue weighted by Crippen LogP contribution is 2.34. The number of nitrogens with zero attached hydrogens (tertiary/aromatic N) is 3. The molecule has 2 heterocycles. The summed E-state index contributed by atoms with van der Waals surface area (Å²) in [5, 5.41) is 7.78. The van der Waals surface area contributed by atoms with Gasteiger partial charge in [-0.3, -0.25) is 0 Å². The molecule has 3 N–H and O–H groups in total. The van der Waals surface area contributed by atoms with Crippen molar-refractivity contribution in [2.24, 2.45) is 0 Å². The molecule has 0 saturated carbocycles. The third-order valence-corrected chi connectivity index (χ3v) is 3.68. The molecule has 0 aliphatic heterocycles. The van der Waals surface area contributed by atoms with E-state index in [-0.39, 0.29) is 0 Å². The maximum atomic E-state index is 5.72. The van der Waals surface area contributed by atoms with Gasteiger partial charge >= 0.3 is 0 Å². The second-order valence-electron chi connectivity index (χ2n) is 2.94. The normalized spacial score (nSPS) is 10.6. The molecule has 2 aromatic heterocycles. The van der Waals surface area contributed by atoms with E-state index in [1.165, 1.54) is 17.9 Å². The Morgan fingerprint density at radius 3 is 3.19 bits per heavy atom. The van der Waals surface area contributed by atoms with Gasteiger partial charge in [-0.1, -0.05) is 5.16 Å². The summed E-state index contributed by atoms with van der Waals surface area (Å²) in [7, 11) is 0. The first-order valence-electron chi connectivity index (χ1n) is 4.60. The molecule has 0 spiro atoms. The van der Waals surface area contributed by atoms with Crippen LogP contribution in [-0.2, 0) is 6.42 Å². The summed E-state index contributed by atoms with van der Waals surface area (Å²) in [6.07, 6.45) is 4.06. The van der Waals surface area contributed by atoms with Crippen molar-refractivity contribution in [1.29, 1.82) is 0 Å². The molecule has 0 atom stereocenters. The number of hydrogen-bond donors (Lipinski definition) is 2. The van der Waals surface area contributed by atoms with Crippen LogP contribution < -0.4 is 11.1 Å². The SMILES string of the molecule is CSc1c(N)nsc1NCCc1ncno1. The average Bonchev–Trinajstić information content (AvgIpc) is 2.89. The van der Waals surface area contributed by atoms with Gasteiger partial charge in [-0.2, -0.15) is 9.36 Å². The Bertz CT molecular complexity index is 441. The van der Waals surface area contributed by atoms with Crippen LogP contribution in [0, 0.1) is 0 Å². The zero-order valence-electron chi connectivity index (χ0n) is 8.64. The van der Waals surface area contributed by atoms with Crippen LogP contribution in [0.3, 0.4) is 0 Å². The average molecular weight is 257 g/mol. The summed E-state index contributed by atoms with van der Waals surface area (Å²) in [5.41, 5.74) is 5.72. The Morgan fingerprint density at radius 2 is 2.50 bits per heavy atom. The number of anilines is 2. The molecular formula is C8H11N5OS2. The number of nitrogens with two attached hydrogens (primary N) is 1. The zero-order valence-corrected chi connectivity index (χ0v) is 10.3. The van der Waals surface area contributed by atoms with Gasteiger partial charge in [0.15, 0.2) is 12.1 Å². The van der Waals surface area contributed by atoms with Gasteiger partial charge in [0.1, 0.15) is 5.00 Å². The van der Waals surface area contributed by atoms with Gasteiger partial charge in [-0.25, -0.2) is 0 Å². The predicted molar refractivity (Wildman–Crippen MR) is 64.8 cm³/mol. The largest absolute Gasteiger partial charge is 0.382 e. The van der Waals surface area contributed by atoms with Gasteiger partial charge < -0.3 is 15.6 Å². The van der Waals surface area contributed by atoms with Crippen molar-refractivity contribution in [1.82, 2.24) is 14.5 Å². The van der Waals surface area contributed by atoms with Crippen molar-refractivity contribution in [3.8, 4) is 0 Å². The monoisotopic (exact) mass is 257 g/mol. The summed E-state index contributed by atoms with van der Waals surface area (Å²) in [5.74, 6) is 1.20. The van der Waals surface area contributed by atoms with Crippen LogP contribution in [0.5, 0.6) is 0 Å². The van der Waals surface area contributed by atoms with E-state index in [0.29, 0.717) is 18.1 Å². The minimum absolute atomic E-state index is 0.581. The maximum Gasteiger partial charge on any atom is 0.228 e. The van der Waals surface area contributed by atoms with Crippen LogP contribution in [0.1, 0.15) is 5.89 Å². The molecule has 0 fully saturated rings. The van der Waals surface area contributed by atoms with E-state index in [1.807, 2.05) is 6.26 Å². The van der Waals surface area contributed by atoms with Gasteiger partial charge in [0, 0.05) is 13.0 Å². The fourth-order valence-corrected chi connectivity index (χ4v) is 2.76. The fourth-order valence-electron chi connectivity index (χ4n) is 1.19. The topological polar surface area (TPSA) is 89.9 Å². The summed E-state index contributed by atoms with van der Waals surface area (Å²) in [6, 6.07) is 0.